The number of sulfonamides is 1. The molecule has 0 saturated carbocycles. The van der Waals surface area contributed by atoms with Crippen LogP contribution in [-0.2, 0) is 28.3 Å². The van der Waals surface area contributed by atoms with Gasteiger partial charge >= 0.3 is 0 Å². The Labute approximate surface area is 215 Å². The first-order chi connectivity index (χ1) is 16.9. The van der Waals surface area contributed by atoms with Crippen LogP contribution in [0.3, 0.4) is 0 Å². The van der Waals surface area contributed by atoms with Crippen molar-refractivity contribution in [2.24, 2.45) is 0 Å². The van der Waals surface area contributed by atoms with E-state index in [0.717, 1.165) is 50.0 Å². The van der Waals surface area contributed by atoms with Gasteiger partial charge in [-0.2, -0.15) is 0 Å². The van der Waals surface area contributed by atoms with Crippen LogP contribution in [0.1, 0.15) is 66.5 Å². The minimum Gasteiger partial charge on any atom is -0.337 e. The molecule has 0 bridgehead atoms. The third kappa shape index (κ3) is 6.49. The predicted octanol–water partition coefficient (Wildman–Crippen LogP) is 2.71. The average molecular weight is 514 g/mol. The number of carbonyl (C=O) groups is 1. The summed E-state index contributed by atoms with van der Waals surface area (Å²) in [4.78, 5) is 26.3. The maximum Gasteiger partial charge on any atom is 0.272 e. The van der Waals surface area contributed by atoms with E-state index in [2.05, 4.69) is 64.6 Å². The standard InChI is InChI=1S/C27H39N5O3S/c1-19-24(11-8-20-6-9-21(10-7-20)27(2,3)4)28-18-29-25(19)26(33)31-14-12-23(13-15-31)32-16-22(17-32)30-36(5,34)35/h6-7,9-10,18,22-23,30H,8,11-17H2,1-5H3. The smallest absolute Gasteiger partial charge is 0.272 e. The molecule has 0 aliphatic carbocycles. The van der Waals surface area contributed by atoms with Crippen LogP contribution in [0.2, 0.25) is 0 Å². The van der Waals surface area contributed by atoms with Crippen LogP contribution >= 0.6 is 0 Å². The molecule has 1 aromatic carbocycles. The van der Waals surface area contributed by atoms with Crippen LogP contribution in [0.5, 0.6) is 0 Å². The minimum atomic E-state index is -3.17. The molecule has 1 N–H and O–H groups in total. The monoisotopic (exact) mass is 513 g/mol. The predicted molar refractivity (Wildman–Crippen MR) is 142 cm³/mol. The lowest BCUT2D eigenvalue weighted by molar-refractivity contribution is 0.0376. The maximum atomic E-state index is 13.3. The fourth-order valence-electron chi connectivity index (χ4n) is 5.16. The van der Waals surface area contributed by atoms with Crippen LogP contribution in [0, 0.1) is 6.92 Å². The molecule has 196 valence electrons. The molecular formula is C27H39N5O3S. The lowest BCUT2D eigenvalue weighted by Gasteiger charge is -2.47. The number of amides is 1. The highest BCUT2D eigenvalue weighted by Crippen LogP contribution is 2.25. The zero-order valence-electron chi connectivity index (χ0n) is 22.1. The van der Waals surface area contributed by atoms with E-state index in [1.165, 1.54) is 23.7 Å². The minimum absolute atomic E-state index is 0.00169. The van der Waals surface area contributed by atoms with Gasteiger partial charge in [0.05, 0.1) is 6.26 Å². The largest absolute Gasteiger partial charge is 0.337 e. The number of aromatic nitrogens is 2. The van der Waals surface area contributed by atoms with E-state index >= 15 is 0 Å². The molecule has 0 atom stereocenters. The lowest BCUT2D eigenvalue weighted by atomic mass is 9.86. The Morgan fingerprint density at radius 3 is 2.28 bits per heavy atom. The van der Waals surface area contributed by atoms with Gasteiger partial charge in [0, 0.05) is 49.5 Å². The van der Waals surface area contributed by atoms with Crippen molar-refractivity contribution in [3.63, 3.8) is 0 Å². The van der Waals surface area contributed by atoms with Gasteiger partial charge in [0.1, 0.15) is 12.0 Å². The van der Waals surface area contributed by atoms with Crippen LogP contribution in [0.25, 0.3) is 0 Å². The van der Waals surface area contributed by atoms with Gasteiger partial charge in [0.15, 0.2) is 0 Å². The summed E-state index contributed by atoms with van der Waals surface area (Å²) in [7, 11) is -3.17. The molecule has 9 heteroatoms. The van der Waals surface area contributed by atoms with Crippen LogP contribution in [-0.4, -0.2) is 78.6 Å². The van der Waals surface area contributed by atoms with Crippen molar-refractivity contribution >= 4 is 15.9 Å². The first-order valence-corrected chi connectivity index (χ1v) is 14.7. The Morgan fingerprint density at radius 2 is 1.69 bits per heavy atom. The van der Waals surface area contributed by atoms with E-state index in [1.807, 2.05) is 11.8 Å². The van der Waals surface area contributed by atoms with Crippen LogP contribution in [0.15, 0.2) is 30.6 Å². The van der Waals surface area contributed by atoms with Crippen molar-refractivity contribution in [3.8, 4) is 0 Å². The van der Waals surface area contributed by atoms with Crippen molar-refractivity contribution in [3.05, 3.63) is 58.7 Å². The van der Waals surface area contributed by atoms with Gasteiger partial charge in [-0.25, -0.2) is 23.1 Å². The molecule has 3 heterocycles. The van der Waals surface area contributed by atoms with Crippen molar-refractivity contribution in [1.82, 2.24) is 24.5 Å². The van der Waals surface area contributed by atoms with Gasteiger partial charge in [-0.3, -0.25) is 9.69 Å². The second-order valence-corrected chi connectivity index (χ2v) is 13.1. The lowest BCUT2D eigenvalue weighted by Crippen LogP contribution is -2.63. The zero-order chi connectivity index (χ0) is 26.1. The van der Waals surface area contributed by atoms with Gasteiger partial charge in [-0.15, -0.1) is 0 Å². The van der Waals surface area contributed by atoms with Gasteiger partial charge in [0.25, 0.3) is 5.91 Å². The first-order valence-electron chi connectivity index (χ1n) is 12.8. The molecule has 2 aliphatic heterocycles. The summed E-state index contributed by atoms with van der Waals surface area (Å²) in [5.74, 6) is -0.0237. The second-order valence-electron chi connectivity index (χ2n) is 11.3. The molecule has 0 radical (unpaired) electrons. The van der Waals surface area contributed by atoms with E-state index in [9.17, 15) is 13.2 Å². The highest BCUT2D eigenvalue weighted by molar-refractivity contribution is 7.88. The number of nitrogens with zero attached hydrogens (tertiary/aromatic N) is 4. The molecule has 36 heavy (non-hydrogen) atoms. The van der Waals surface area contributed by atoms with Crippen molar-refractivity contribution < 1.29 is 13.2 Å². The highest BCUT2D eigenvalue weighted by Gasteiger charge is 2.36. The van der Waals surface area contributed by atoms with Gasteiger partial charge in [-0.05, 0) is 49.1 Å². The summed E-state index contributed by atoms with van der Waals surface area (Å²) in [5.41, 5.74) is 5.01. The van der Waals surface area contributed by atoms with Crippen LogP contribution in [0.4, 0.5) is 0 Å². The molecule has 0 unspecified atom stereocenters. The number of carbonyl (C=O) groups excluding carboxylic acids is 1. The number of benzene rings is 1. The molecule has 2 aliphatic rings. The number of hydrogen-bond donors (Lipinski definition) is 1. The summed E-state index contributed by atoms with van der Waals surface area (Å²) in [6.45, 7) is 11.4. The molecule has 1 aromatic heterocycles. The Kier molecular flexibility index (Phi) is 7.83. The summed E-state index contributed by atoms with van der Waals surface area (Å²) >= 11 is 0. The van der Waals surface area contributed by atoms with Crippen molar-refractivity contribution in [2.75, 3.05) is 32.4 Å². The van der Waals surface area contributed by atoms with Crippen LogP contribution < -0.4 is 4.72 Å². The molecule has 1 amide bonds. The molecule has 0 spiro atoms. The van der Waals surface area contributed by atoms with E-state index in [4.69, 9.17) is 0 Å². The summed E-state index contributed by atoms with van der Waals surface area (Å²) in [6.07, 6.45) is 6.12. The third-order valence-corrected chi connectivity index (χ3v) is 8.18. The second kappa shape index (κ2) is 10.6. The number of hydrogen-bond acceptors (Lipinski definition) is 6. The molecule has 2 fully saturated rings. The Balaban J connectivity index is 1.31. The molecule has 8 nitrogen and oxygen atoms in total. The first kappa shape index (κ1) is 26.7. The Bertz CT molecular complexity index is 1180. The van der Waals surface area contributed by atoms with Gasteiger partial charge in [-0.1, -0.05) is 45.0 Å². The van der Waals surface area contributed by atoms with Gasteiger partial charge < -0.3 is 4.90 Å². The number of nitrogens with one attached hydrogen (secondary N) is 1. The van der Waals surface area contributed by atoms with Crippen molar-refractivity contribution in [1.29, 1.82) is 0 Å². The quantitative estimate of drug-likeness (QED) is 0.612. The number of aryl methyl sites for hydroxylation is 2. The SMILES string of the molecule is Cc1c(CCc2ccc(C(C)(C)C)cc2)ncnc1C(=O)N1CCC(N2CC(NS(C)(=O)=O)C2)CC1. The van der Waals surface area contributed by atoms with E-state index < -0.39 is 10.0 Å². The number of piperidine rings is 1. The summed E-state index contributed by atoms with van der Waals surface area (Å²) < 4.78 is 25.5. The normalized spacial score (nSPS) is 18.3. The number of likely N-dealkylation sites (tertiary alicyclic amines) is 2. The van der Waals surface area contributed by atoms with E-state index in [1.54, 1.807) is 0 Å². The fraction of sp³-hybridized carbons (Fsp3) is 0.593. The van der Waals surface area contributed by atoms with Gasteiger partial charge in [0.2, 0.25) is 10.0 Å². The van der Waals surface area contributed by atoms with Crippen molar-refractivity contribution in [2.45, 2.75) is 70.9 Å². The topological polar surface area (TPSA) is 95.5 Å². The Morgan fingerprint density at radius 1 is 1.06 bits per heavy atom. The fourth-order valence-corrected chi connectivity index (χ4v) is 5.91. The summed E-state index contributed by atoms with van der Waals surface area (Å²) in [5, 5.41) is 0. The number of rotatable bonds is 7. The molecule has 2 aromatic rings. The molecule has 4 rings (SSSR count). The zero-order valence-corrected chi connectivity index (χ0v) is 22.9. The maximum absolute atomic E-state index is 13.3. The highest BCUT2D eigenvalue weighted by atomic mass is 32.2. The Hall–Kier alpha value is -2.36. The third-order valence-electron chi connectivity index (χ3n) is 7.42. The van der Waals surface area contributed by atoms with E-state index in [0.29, 0.717) is 24.8 Å². The van der Waals surface area contributed by atoms with E-state index in [-0.39, 0.29) is 17.4 Å². The molecule has 2 saturated heterocycles. The average Bonchev–Trinajstić information content (AvgIpc) is 2.79. The molecular weight excluding hydrogens is 474 g/mol. The summed E-state index contributed by atoms with van der Waals surface area (Å²) in [6, 6.07) is 9.15.